The molecule has 1 fully saturated rings. The molecule has 1 aromatic carbocycles. The average Bonchev–Trinajstić information content (AvgIpc) is 3.21. The van der Waals surface area contributed by atoms with Crippen LogP contribution in [0.3, 0.4) is 0 Å². The van der Waals surface area contributed by atoms with Crippen molar-refractivity contribution in [3.8, 4) is 0 Å². The molecule has 2 atom stereocenters. The van der Waals surface area contributed by atoms with Gasteiger partial charge in [0, 0.05) is 27.2 Å². The van der Waals surface area contributed by atoms with E-state index in [2.05, 4.69) is 22.9 Å². The second-order valence-corrected chi connectivity index (χ2v) is 10.3. The summed E-state index contributed by atoms with van der Waals surface area (Å²) in [6.07, 6.45) is -0.274. The second-order valence-electron chi connectivity index (χ2n) is 7.13. The number of hydrogen-bond acceptors (Lipinski definition) is 7. The summed E-state index contributed by atoms with van der Waals surface area (Å²) in [4.78, 5) is 26.7. The molecule has 0 saturated carbocycles. The highest BCUT2D eigenvalue weighted by molar-refractivity contribution is 9.10. The van der Waals surface area contributed by atoms with Crippen molar-refractivity contribution in [3.63, 3.8) is 0 Å². The molecular formula is C20H21BrN4O2S2. The lowest BCUT2D eigenvalue weighted by molar-refractivity contribution is -0.119. The van der Waals surface area contributed by atoms with E-state index in [1.807, 2.05) is 36.1 Å². The Bertz CT molecular complexity index is 1070. The summed E-state index contributed by atoms with van der Waals surface area (Å²) in [7, 11) is 0. The van der Waals surface area contributed by atoms with Gasteiger partial charge in [0.25, 0.3) is 0 Å². The standard InChI is InChI=1S/C20H21BrN4O2S2/c1-10-11(2)29-20-17(10)19(25-8-13(26)7-15(25)18(22)27)23-16(24-20)9-28-14-5-3-12(21)4-6-14/h3-6,13,15,26H,7-9H2,1-2H3,(H2,22,27)/t13-,15+/m1/s1. The third kappa shape index (κ3) is 4.14. The number of thiophene rings is 1. The van der Waals surface area contributed by atoms with E-state index in [1.54, 1.807) is 23.1 Å². The maximum absolute atomic E-state index is 12.0. The molecule has 3 heterocycles. The molecule has 2 aromatic heterocycles. The largest absolute Gasteiger partial charge is 0.391 e. The molecule has 0 unspecified atom stereocenters. The number of thioether (sulfide) groups is 1. The van der Waals surface area contributed by atoms with Crippen LogP contribution in [0.25, 0.3) is 10.2 Å². The van der Waals surface area contributed by atoms with Gasteiger partial charge in [-0.3, -0.25) is 4.79 Å². The Morgan fingerprint density at radius 3 is 2.76 bits per heavy atom. The van der Waals surface area contributed by atoms with Crippen LogP contribution in [-0.2, 0) is 10.5 Å². The van der Waals surface area contributed by atoms with Gasteiger partial charge in [-0.25, -0.2) is 9.97 Å². The third-order valence-electron chi connectivity index (χ3n) is 5.12. The predicted molar refractivity (Wildman–Crippen MR) is 122 cm³/mol. The topological polar surface area (TPSA) is 92.3 Å². The van der Waals surface area contributed by atoms with Crippen molar-refractivity contribution in [2.45, 2.75) is 43.1 Å². The lowest BCUT2D eigenvalue weighted by Crippen LogP contribution is -2.41. The van der Waals surface area contributed by atoms with E-state index in [0.29, 0.717) is 30.4 Å². The Kier molecular flexibility index (Phi) is 5.83. The van der Waals surface area contributed by atoms with E-state index in [1.165, 1.54) is 4.88 Å². The van der Waals surface area contributed by atoms with Gasteiger partial charge in [0.15, 0.2) is 0 Å². The Morgan fingerprint density at radius 1 is 1.34 bits per heavy atom. The van der Waals surface area contributed by atoms with Gasteiger partial charge < -0.3 is 15.7 Å². The summed E-state index contributed by atoms with van der Waals surface area (Å²) in [5.41, 5.74) is 6.73. The van der Waals surface area contributed by atoms with E-state index in [4.69, 9.17) is 15.7 Å². The first kappa shape index (κ1) is 20.6. The second kappa shape index (κ2) is 8.22. The lowest BCUT2D eigenvalue weighted by Gasteiger charge is -2.24. The molecule has 1 saturated heterocycles. The molecule has 6 nitrogen and oxygen atoms in total. The number of nitrogens with zero attached hydrogens (tertiary/aromatic N) is 3. The van der Waals surface area contributed by atoms with Gasteiger partial charge in [0.2, 0.25) is 5.91 Å². The van der Waals surface area contributed by atoms with Gasteiger partial charge in [0.1, 0.15) is 22.5 Å². The zero-order chi connectivity index (χ0) is 20.7. The van der Waals surface area contributed by atoms with Crippen LogP contribution in [0.1, 0.15) is 22.7 Å². The quantitative estimate of drug-likeness (QED) is 0.526. The first-order valence-electron chi connectivity index (χ1n) is 9.22. The van der Waals surface area contributed by atoms with Crippen molar-refractivity contribution in [1.29, 1.82) is 0 Å². The van der Waals surface area contributed by atoms with Gasteiger partial charge in [-0.15, -0.1) is 23.1 Å². The minimum absolute atomic E-state index is 0.325. The summed E-state index contributed by atoms with van der Waals surface area (Å²) in [6, 6.07) is 7.55. The number of β-amino-alcohol motifs (C(OH)–C–C–N with tert-alkyl or cyclic N) is 1. The van der Waals surface area contributed by atoms with Gasteiger partial charge in [-0.2, -0.15) is 0 Å². The minimum atomic E-state index is -0.599. The molecule has 9 heteroatoms. The van der Waals surface area contributed by atoms with Gasteiger partial charge in [-0.1, -0.05) is 15.9 Å². The number of aliphatic hydroxyl groups is 1. The lowest BCUT2D eigenvalue weighted by atomic mass is 10.1. The third-order valence-corrected chi connectivity index (χ3v) is 7.75. The van der Waals surface area contributed by atoms with Crippen molar-refractivity contribution in [2.75, 3.05) is 11.4 Å². The number of benzene rings is 1. The average molecular weight is 493 g/mol. The van der Waals surface area contributed by atoms with Crippen molar-refractivity contribution in [1.82, 2.24) is 9.97 Å². The number of rotatable bonds is 5. The fraction of sp³-hybridized carbons (Fsp3) is 0.350. The number of carbonyl (C=O) groups is 1. The molecule has 1 amide bonds. The Morgan fingerprint density at radius 2 is 2.07 bits per heavy atom. The molecule has 1 aliphatic rings. The highest BCUT2D eigenvalue weighted by Crippen LogP contribution is 2.38. The maximum atomic E-state index is 12.0. The zero-order valence-electron chi connectivity index (χ0n) is 16.1. The summed E-state index contributed by atoms with van der Waals surface area (Å²) in [5, 5.41) is 11.1. The number of nitrogens with two attached hydrogens (primary N) is 1. The number of hydrogen-bond donors (Lipinski definition) is 2. The summed E-state index contributed by atoms with van der Waals surface area (Å²) < 4.78 is 1.04. The number of aliphatic hydroxyl groups excluding tert-OH is 1. The van der Waals surface area contributed by atoms with Gasteiger partial charge in [-0.05, 0) is 43.7 Å². The van der Waals surface area contributed by atoms with Gasteiger partial charge >= 0.3 is 0 Å². The zero-order valence-corrected chi connectivity index (χ0v) is 19.3. The maximum Gasteiger partial charge on any atom is 0.240 e. The number of halogens is 1. The normalized spacial score (nSPS) is 19.2. The van der Waals surface area contributed by atoms with Crippen molar-refractivity contribution in [3.05, 3.63) is 45.0 Å². The fourth-order valence-electron chi connectivity index (χ4n) is 3.54. The van der Waals surface area contributed by atoms with E-state index >= 15 is 0 Å². The molecule has 3 aromatic rings. The van der Waals surface area contributed by atoms with Crippen molar-refractivity contribution >= 4 is 61.0 Å². The van der Waals surface area contributed by atoms with Crippen molar-refractivity contribution in [2.24, 2.45) is 5.73 Å². The number of fused-ring (bicyclic) bond motifs is 1. The Hall–Kier alpha value is -1.68. The molecular weight excluding hydrogens is 472 g/mol. The molecule has 152 valence electrons. The van der Waals surface area contributed by atoms with Crippen LogP contribution in [0.15, 0.2) is 33.6 Å². The summed E-state index contributed by atoms with van der Waals surface area (Å²) in [6.45, 7) is 4.45. The monoisotopic (exact) mass is 492 g/mol. The van der Waals surface area contributed by atoms with E-state index in [9.17, 15) is 9.90 Å². The number of amides is 1. The number of anilines is 1. The highest BCUT2D eigenvalue weighted by Gasteiger charge is 2.37. The first-order chi connectivity index (χ1) is 13.8. The molecule has 1 aliphatic heterocycles. The summed E-state index contributed by atoms with van der Waals surface area (Å²) >= 11 is 6.74. The molecule has 0 radical (unpaired) electrons. The van der Waals surface area contributed by atoms with E-state index in [0.717, 1.165) is 25.1 Å². The number of primary amides is 1. The van der Waals surface area contributed by atoms with Crippen LogP contribution in [-0.4, -0.2) is 39.7 Å². The predicted octanol–water partition coefficient (Wildman–Crippen LogP) is 3.79. The summed E-state index contributed by atoms with van der Waals surface area (Å²) in [5.74, 6) is 1.57. The van der Waals surface area contributed by atoms with Crippen LogP contribution < -0.4 is 10.6 Å². The van der Waals surface area contributed by atoms with Crippen LogP contribution in [0.2, 0.25) is 0 Å². The van der Waals surface area contributed by atoms with Crippen LogP contribution in [0, 0.1) is 13.8 Å². The van der Waals surface area contributed by atoms with E-state index < -0.39 is 18.1 Å². The number of aromatic nitrogens is 2. The van der Waals surface area contributed by atoms with Crippen LogP contribution in [0.4, 0.5) is 5.82 Å². The fourth-order valence-corrected chi connectivity index (χ4v) is 5.60. The van der Waals surface area contributed by atoms with Gasteiger partial charge in [0.05, 0.1) is 17.2 Å². The van der Waals surface area contributed by atoms with Crippen LogP contribution in [0.5, 0.6) is 0 Å². The molecule has 29 heavy (non-hydrogen) atoms. The SMILES string of the molecule is Cc1sc2nc(CSc3ccc(Br)cc3)nc(N3C[C@H](O)C[C@H]3C(N)=O)c2c1C. The Balaban J connectivity index is 1.73. The molecule has 4 rings (SSSR count). The molecule has 0 aliphatic carbocycles. The molecule has 0 spiro atoms. The molecule has 3 N–H and O–H groups in total. The first-order valence-corrected chi connectivity index (χ1v) is 11.8. The number of aryl methyl sites for hydroxylation is 2. The number of carbonyl (C=O) groups excluding carboxylic acids is 1. The van der Waals surface area contributed by atoms with Crippen LogP contribution >= 0.6 is 39.0 Å². The van der Waals surface area contributed by atoms with E-state index in [-0.39, 0.29) is 0 Å². The van der Waals surface area contributed by atoms with Crippen molar-refractivity contribution < 1.29 is 9.90 Å². The highest BCUT2D eigenvalue weighted by atomic mass is 79.9. The Labute approximate surface area is 185 Å². The molecule has 0 bridgehead atoms. The minimum Gasteiger partial charge on any atom is -0.391 e. The smallest absolute Gasteiger partial charge is 0.240 e.